The summed E-state index contributed by atoms with van der Waals surface area (Å²) in [5.74, 6) is -1.85. The molecule has 0 heterocycles. The van der Waals surface area contributed by atoms with Crippen molar-refractivity contribution in [2.75, 3.05) is 10.6 Å². The Morgan fingerprint density at radius 1 is 0.757 bits per heavy atom. The van der Waals surface area contributed by atoms with Crippen LogP contribution in [0.1, 0.15) is 42.7 Å². The zero-order chi connectivity index (χ0) is 26.4. The average molecular weight is 511 g/mol. The molecule has 186 valence electrons. The SMILES string of the molecule is Cc1ccc(C)c(NC(=O)C(Sc2cccc(NC(=O)c3ccccc3C(=O)O)c2)c2ccccc2)c1. The summed E-state index contributed by atoms with van der Waals surface area (Å²) in [7, 11) is 0. The number of aromatic carboxylic acids is 1. The first kappa shape index (κ1) is 25.7. The van der Waals surface area contributed by atoms with Crippen LogP contribution >= 0.6 is 11.8 Å². The first-order valence-electron chi connectivity index (χ1n) is 11.7. The summed E-state index contributed by atoms with van der Waals surface area (Å²) in [4.78, 5) is 38.6. The van der Waals surface area contributed by atoms with E-state index in [0.29, 0.717) is 5.69 Å². The van der Waals surface area contributed by atoms with Crippen LogP contribution in [0.4, 0.5) is 11.4 Å². The molecule has 7 heteroatoms. The summed E-state index contributed by atoms with van der Waals surface area (Å²) in [6, 6.07) is 28.6. The van der Waals surface area contributed by atoms with Gasteiger partial charge in [-0.05, 0) is 66.9 Å². The Labute approximate surface area is 219 Å². The number of hydrogen-bond donors (Lipinski definition) is 3. The average Bonchev–Trinajstić information content (AvgIpc) is 2.90. The maximum Gasteiger partial charge on any atom is 0.336 e. The highest BCUT2D eigenvalue weighted by atomic mass is 32.2. The van der Waals surface area contributed by atoms with Gasteiger partial charge < -0.3 is 15.7 Å². The fraction of sp³-hybridized carbons (Fsp3) is 0.100. The second-order valence-corrected chi connectivity index (χ2v) is 9.73. The molecule has 3 N–H and O–H groups in total. The monoisotopic (exact) mass is 510 g/mol. The lowest BCUT2D eigenvalue weighted by molar-refractivity contribution is -0.115. The lowest BCUT2D eigenvalue weighted by atomic mass is 10.1. The van der Waals surface area contributed by atoms with Gasteiger partial charge >= 0.3 is 5.97 Å². The van der Waals surface area contributed by atoms with Crippen LogP contribution in [0, 0.1) is 13.8 Å². The van der Waals surface area contributed by atoms with Gasteiger partial charge in [0.1, 0.15) is 5.25 Å². The van der Waals surface area contributed by atoms with E-state index in [1.807, 2.05) is 68.4 Å². The molecule has 0 aliphatic heterocycles. The zero-order valence-corrected chi connectivity index (χ0v) is 21.2. The molecule has 4 aromatic carbocycles. The number of carbonyl (C=O) groups excluding carboxylic acids is 2. The van der Waals surface area contributed by atoms with Crippen molar-refractivity contribution in [3.63, 3.8) is 0 Å². The number of benzene rings is 4. The van der Waals surface area contributed by atoms with E-state index in [1.165, 1.54) is 23.9 Å². The number of thioether (sulfide) groups is 1. The minimum atomic E-state index is -1.17. The lowest BCUT2D eigenvalue weighted by Crippen LogP contribution is -2.19. The number of carboxylic acid groups (broad SMARTS) is 1. The summed E-state index contributed by atoms with van der Waals surface area (Å²) in [5.41, 5.74) is 4.14. The van der Waals surface area contributed by atoms with Gasteiger partial charge in [-0.25, -0.2) is 4.79 Å². The molecule has 4 rings (SSSR count). The van der Waals surface area contributed by atoms with Gasteiger partial charge in [-0.3, -0.25) is 9.59 Å². The Bertz CT molecular complexity index is 1450. The summed E-state index contributed by atoms with van der Waals surface area (Å²) in [6.45, 7) is 3.93. The number of rotatable bonds is 8. The van der Waals surface area contributed by atoms with Crippen LogP contribution in [-0.4, -0.2) is 22.9 Å². The van der Waals surface area contributed by atoms with Gasteiger partial charge in [-0.1, -0.05) is 60.7 Å². The number of amides is 2. The van der Waals surface area contributed by atoms with E-state index >= 15 is 0 Å². The quantitative estimate of drug-likeness (QED) is 0.229. The number of hydrogen-bond acceptors (Lipinski definition) is 4. The second kappa shape index (κ2) is 11.6. The van der Waals surface area contributed by atoms with Gasteiger partial charge in [-0.15, -0.1) is 11.8 Å². The Morgan fingerprint density at radius 3 is 2.19 bits per heavy atom. The summed E-state index contributed by atoms with van der Waals surface area (Å²) in [5, 5.41) is 14.7. The maximum atomic E-state index is 13.5. The normalized spacial score (nSPS) is 11.4. The Hall–Kier alpha value is -4.36. The Morgan fingerprint density at radius 2 is 1.46 bits per heavy atom. The fourth-order valence-corrected chi connectivity index (χ4v) is 4.90. The van der Waals surface area contributed by atoms with E-state index < -0.39 is 17.1 Å². The van der Waals surface area contributed by atoms with Crippen LogP contribution in [0.5, 0.6) is 0 Å². The van der Waals surface area contributed by atoms with Gasteiger partial charge in [0.25, 0.3) is 5.91 Å². The minimum absolute atomic E-state index is 0.0715. The van der Waals surface area contributed by atoms with Gasteiger partial charge in [0, 0.05) is 16.3 Å². The molecule has 0 aliphatic rings. The van der Waals surface area contributed by atoms with Crippen LogP contribution in [0.25, 0.3) is 0 Å². The van der Waals surface area contributed by atoms with Crippen molar-refractivity contribution in [3.05, 3.63) is 125 Å². The van der Waals surface area contributed by atoms with Crippen LogP contribution in [0.2, 0.25) is 0 Å². The van der Waals surface area contributed by atoms with E-state index in [-0.39, 0.29) is 17.0 Å². The highest BCUT2D eigenvalue weighted by Crippen LogP contribution is 2.37. The van der Waals surface area contributed by atoms with E-state index in [2.05, 4.69) is 10.6 Å². The number of carbonyl (C=O) groups is 3. The molecule has 0 radical (unpaired) electrons. The molecular formula is C30H26N2O4S. The van der Waals surface area contributed by atoms with E-state index in [0.717, 1.165) is 27.3 Å². The standard InChI is InChI=1S/C30H26N2O4S/c1-19-15-16-20(2)26(17-19)32-29(34)27(21-9-4-3-5-10-21)37-23-12-8-11-22(18-23)31-28(33)24-13-6-7-14-25(24)30(35)36/h3-18,27H,1-2H3,(H,31,33)(H,32,34)(H,35,36). The molecule has 0 saturated heterocycles. The van der Waals surface area contributed by atoms with E-state index in [4.69, 9.17) is 0 Å². The third-order valence-electron chi connectivity index (χ3n) is 5.74. The van der Waals surface area contributed by atoms with Crippen molar-refractivity contribution in [3.8, 4) is 0 Å². The van der Waals surface area contributed by atoms with E-state index in [1.54, 1.807) is 30.3 Å². The predicted octanol–water partition coefficient (Wildman–Crippen LogP) is 6.73. The Kier molecular flexibility index (Phi) is 8.05. The molecule has 37 heavy (non-hydrogen) atoms. The topological polar surface area (TPSA) is 95.5 Å². The third kappa shape index (κ3) is 6.45. The van der Waals surface area contributed by atoms with Crippen LogP contribution in [0.15, 0.2) is 102 Å². The largest absolute Gasteiger partial charge is 0.478 e. The summed E-state index contributed by atoms with van der Waals surface area (Å²) < 4.78 is 0. The summed E-state index contributed by atoms with van der Waals surface area (Å²) in [6.07, 6.45) is 0. The molecule has 1 unspecified atom stereocenters. The number of anilines is 2. The number of aryl methyl sites for hydroxylation is 2. The first-order chi connectivity index (χ1) is 17.8. The number of carboxylic acids is 1. The number of nitrogens with one attached hydrogen (secondary N) is 2. The van der Waals surface area contributed by atoms with Gasteiger partial charge in [0.05, 0.1) is 11.1 Å². The van der Waals surface area contributed by atoms with Crippen molar-refractivity contribution in [2.24, 2.45) is 0 Å². The smallest absolute Gasteiger partial charge is 0.336 e. The predicted molar refractivity (Wildman–Crippen MR) is 147 cm³/mol. The van der Waals surface area contributed by atoms with Crippen molar-refractivity contribution in [1.82, 2.24) is 0 Å². The zero-order valence-electron chi connectivity index (χ0n) is 20.4. The van der Waals surface area contributed by atoms with Crippen molar-refractivity contribution in [2.45, 2.75) is 24.0 Å². The molecule has 4 aromatic rings. The molecule has 0 bridgehead atoms. The molecule has 0 saturated carbocycles. The maximum absolute atomic E-state index is 13.5. The van der Waals surface area contributed by atoms with Crippen molar-refractivity contribution in [1.29, 1.82) is 0 Å². The lowest BCUT2D eigenvalue weighted by Gasteiger charge is -2.19. The minimum Gasteiger partial charge on any atom is -0.478 e. The fourth-order valence-electron chi connectivity index (χ4n) is 3.82. The molecule has 2 amide bonds. The molecule has 0 aromatic heterocycles. The molecule has 6 nitrogen and oxygen atoms in total. The second-order valence-electron chi connectivity index (χ2n) is 8.55. The highest BCUT2D eigenvalue weighted by molar-refractivity contribution is 8.00. The molecular weight excluding hydrogens is 484 g/mol. The molecule has 0 fully saturated rings. The van der Waals surface area contributed by atoms with Gasteiger partial charge in [-0.2, -0.15) is 0 Å². The van der Waals surface area contributed by atoms with Gasteiger partial charge in [0.2, 0.25) is 5.91 Å². The molecule has 0 aliphatic carbocycles. The van der Waals surface area contributed by atoms with Crippen molar-refractivity contribution >= 4 is 40.9 Å². The van der Waals surface area contributed by atoms with Crippen LogP contribution in [-0.2, 0) is 4.79 Å². The van der Waals surface area contributed by atoms with E-state index in [9.17, 15) is 19.5 Å². The van der Waals surface area contributed by atoms with Crippen LogP contribution in [0.3, 0.4) is 0 Å². The highest BCUT2D eigenvalue weighted by Gasteiger charge is 2.23. The van der Waals surface area contributed by atoms with Crippen LogP contribution < -0.4 is 10.6 Å². The third-order valence-corrected chi connectivity index (χ3v) is 6.99. The Balaban J connectivity index is 1.57. The molecule has 0 spiro atoms. The first-order valence-corrected chi connectivity index (χ1v) is 12.5. The molecule has 1 atom stereocenters. The van der Waals surface area contributed by atoms with Crippen molar-refractivity contribution < 1.29 is 19.5 Å². The summed E-state index contributed by atoms with van der Waals surface area (Å²) >= 11 is 1.37. The van der Waals surface area contributed by atoms with Gasteiger partial charge in [0.15, 0.2) is 0 Å².